The van der Waals surface area contributed by atoms with Crippen molar-refractivity contribution in [1.82, 2.24) is 5.43 Å². The first-order chi connectivity index (χ1) is 9.28. The number of nitrogens with one attached hydrogen (secondary N) is 1. The van der Waals surface area contributed by atoms with E-state index in [0.29, 0.717) is 0 Å². The summed E-state index contributed by atoms with van der Waals surface area (Å²) in [5.74, 6) is 6.70. The van der Waals surface area contributed by atoms with Gasteiger partial charge in [0, 0.05) is 22.2 Å². The van der Waals surface area contributed by atoms with Crippen LogP contribution < -0.4 is 16.0 Å². The molecule has 5 heteroatoms. The van der Waals surface area contributed by atoms with Gasteiger partial charge in [-0.3, -0.25) is 11.3 Å². The largest absolute Gasteiger partial charge is 0.488 e. The summed E-state index contributed by atoms with van der Waals surface area (Å²) >= 11 is 5.30. The Hall–Kier alpha value is -0.880. The third-order valence-corrected chi connectivity index (χ3v) is 5.38. The Morgan fingerprint density at radius 2 is 2.26 bits per heavy atom. The van der Waals surface area contributed by atoms with Crippen LogP contribution in [0.2, 0.25) is 0 Å². The molecule has 3 nitrogen and oxygen atoms in total. The zero-order valence-corrected chi connectivity index (χ0v) is 12.7. The molecular formula is C14H15BrN2OS. The average molecular weight is 339 g/mol. The van der Waals surface area contributed by atoms with Crippen LogP contribution in [-0.4, -0.2) is 12.1 Å². The van der Waals surface area contributed by atoms with Crippen molar-refractivity contribution in [2.75, 3.05) is 0 Å². The Balaban J connectivity index is 1.73. The Labute approximate surface area is 124 Å². The van der Waals surface area contributed by atoms with Gasteiger partial charge >= 0.3 is 0 Å². The first-order valence-electron chi connectivity index (χ1n) is 6.20. The summed E-state index contributed by atoms with van der Waals surface area (Å²) in [7, 11) is 0. The molecule has 1 aromatic carbocycles. The zero-order valence-electron chi connectivity index (χ0n) is 10.3. The van der Waals surface area contributed by atoms with E-state index in [0.717, 1.165) is 23.1 Å². The predicted molar refractivity (Wildman–Crippen MR) is 81.4 cm³/mol. The van der Waals surface area contributed by atoms with Crippen LogP contribution in [0.3, 0.4) is 0 Å². The first-order valence-corrected chi connectivity index (χ1v) is 7.87. The monoisotopic (exact) mass is 338 g/mol. The van der Waals surface area contributed by atoms with Crippen molar-refractivity contribution in [3.63, 3.8) is 0 Å². The number of halogens is 1. The molecule has 1 aliphatic rings. The lowest BCUT2D eigenvalue weighted by Crippen LogP contribution is -2.47. The molecule has 2 unspecified atom stereocenters. The topological polar surface area (TPSA) is 47.3 Å². The number of hydrogen-bond acceptors (Lipinski definition) is 4. The molecule has 0 fully saturated rings. The molecular weight excluding hydrogens is 324 g/mol. The summed E-state index contributed by atoms with van der Waals surface area (Å²) in [5, 5.41) is 2.08. The van der Waals surface area contributed by atoms with Gasteiger partial charge in [0.2, 0.25) is 0 Å². The lowest BCUT2D eigenvalue weighted by atomic mass is 10.0. The van der Waals surface area contributed by atoms with Crippen LogP contribution >= 0.6 is 27.3 Å². The minimum Gasteiger partial charge on any atom is -0.488 e. The molecule has 0 bridgehead atoms. The molecule has 0 spiro atoms. The average Bonchev–Trinajstić information content (AvgIpc) is 3.02. The highest BCUT2D eigenvalue weighted by molar-refractivity contribution is 9.10. The number of rotatable bonds is 4. The van der Waals surface area contributed by atoms with Gasteiger partial charge in [0.1, 0.15) is 11.9 Å². The molecule has 100 valence electrons. The molecule has 0 amide bonds. The fourth-order valence-electron chi connectivity index (χ4n) is 2.40. The molecule has 3 rings (SSSR count). The molecule has 0 saturated carbocycles. The fourth-order valence-corrected chi connectivity index (χ4v) is 3.98. The molecule has 2 aromatic rings. The smallest absolute Gasteiger partial charge is 0.123 e. The second-order valence-corrected chi connectivity index (χ2v) is 6.49. The van der Waals surface area contributed by atoms with Gasteiger partial charge in [0.15, 0.2) is 0 Å². The van der Waals surface area contributed by atoms with Crippen molar-refractivity contribution < 1.29 is 4.74 Å². The second kappa shape index (κ2) is 5.63. The molecule has 19 heavy (non-hydrogen) atoms. The summed E-state index contributed by atoms with van der Waals surface area (Å²) in [6, 6.07) is 10.4. The van der Waals surface area contributed by atoms with Crippen LogP contribution in [-0.2, 0) is 12.8 Å². The summed E-state index contributed by atoms with van der Waals surface area (Å²) in [4.78, 5) is 1.29. The zero-order chi connectivity index (χ0) is 13.2. The summed E-state index contributed by atoms with van der Waals surface area (Å²) in [6.45, 7) is 0. The highest BCUT2D eigenvalue weighted by atomic mass is 79.9. The van der Waals surface area contributed by atoms with Gasteiger partial charge in [-0.1, -0.05) is 18.2 Å². The molecule has 0 saturated heterocycles. The first kappa shape index (κ1) is 13.1. The lowest BCUT2D eigenvalue weighted by Gasteiger charge is -2.22. The van der Waals surface area contributed by atoms with E-state index < -0.39 is 0 Å². The molecule has 3 N–H and O–H groups in total. The van der Waals surface area contributed by atoms with Gasteiger partial charge < -0.3 is 4.74 Å². The summed E-state index contributed by atoms with van der Waals surface area (Å²) in [6.07, 6.45) is 1.87. The normalized spacial score (nSPS) is 18.9. The van der Waals surface area contributed by atoms with Crippen molar-refractivity contribution in [3.8, 4) is 5.75 Å². The number of fused-ring (bicyclic) bond motifs is 1. The standard InChI is InChI=1S/C14H15BrN2OS/c15-10-5-6-19-14(10)8-11(17-16)13-7-9-3-1-2-4-12(9)18-13/h1-6,11,13,17H,7-8,16H2. The number of nitrogens with two attached hydrogens (primary N) is 1. The molecule has 2 atom stereocenters. The number of para-hydroxylation sites is 1. The SMILES string of the molecule is NNC(Cc1sccc1Br)C1Cc2ccccc2O1. The second-order valence-electron chi connectivity index (χ2n) is 4.64. The van der Waals surface area contributed by atoms with Crippen molar-refractivity contribution in [3.05, 3.63) is 50.6 Å². The van der Waals surface area contributed by atoms with Crippen LogP contribution in [0.15, 0.2) is 40.2 Å². The fraction of sp³-hybridized carbons (Fsp3) is 0.286. The van der Waals surface area contributed by atoms with E-state index in [4.69, 9.17) is 10.6 Å². The third-order valence-electron chi connectivity index (χ3n) is 3.43. The minimum atomic E-state index is 0.0939. The van der Waals surface area contributed by atoms with Crippen molar-refractivity contribution in [1.29, 1.82) is 0 Å². The van der Waals surface area contributed by atoms with Gasteiger partial charge in [0.05, 0.1) is 6.04 Å². The number of ether oxygens (including phenoxy) is 1. The van der Waals surface area contributed by atoms with Gasteiger partial charge in [-0.15, -0.1) is 11.3 Å². The van der Waals surface area contributed by atoms with E-state index in [1.165, 1.54) is 10.4 Å². The van der Waals surface area contributed by atoms with Crippen LogP contribution in [0.5, 0.6) is 5.75 Å². The van der Waals surface area contributed by atoms with E-state index in [-0.39, 0.29) is 12.1 Å². The van der Waals surface area contributed by atoms with Crippen LogP contribution in [0.25, 0.3) is 0 Å². The molecule has 1 aliphatic heterocycles. The maximum absolute atomic E-state index is 6.00. The maximum atomic E-state index is 6.00. The van der Waals surface area contributed by atoms with Crippen molar-refractivity contribution in [2.45, 2.75) is 25.0 Å². The molecule has 0 radical (unpaired) electrons. The molecule has 0 aliphatic carbocycles. The van der Waals surface area contributed by atoms with E-state index in [2.05, 4.69) is 38.9 Å². The van der Waals surface area contributed by atoms with E-state index in [9.17, 15) is 0 Å². The van der Waals surface area contributed by atoms with Crippen LogP contribution in [0.1, 0.15) is 10.4 Å². The highest BCUT2D eigenvalue weighted by Gasteiger charge is 2.30. The third kappa shape index (κ3) is 2.69. The molecule has 1 aromatic heterocycles. The number of thiophene rings is 1. The molecule has 2 heterocycles. The van der Waals surface area contributed by atoms with Crippen molar-refractivity contribution in [2.24, 2.45) is 5.84 Å². The minimum absolute atomic E-state index is 0.0939. The Bertz CT molecular complexity index is 547. The van der Waals surface area contributed by atoms with Crippen molar-refractivity contribution >= 4 is 27.3 Å². The van der Waals surface area contributed by atoms with E-state index in [1.807, 2.05) is 18.2 Å². The van der Waals surface area contributed by atoms with Gasteiger partial charge in [-0.2, -0.15) is 0 Å². The predicted octanol–water partition coefficient (Wildman–Crippen LogP) is 2.89. The van der Waals surface area contributed by atoms with Gasteiger partial charge in [-0.25, -0.2) is 0 Å². The lowest BCUT2D eigenvalue weighted by molar-refractivity contribution is 0.178. The highest BCUT2D eigenvalue weighted by Crippen LogP contribution is 2.31. The maximum Gasteiger partial charge on any atom is 0.123 e. The summed E-state index contributed by atoms with van der Waals surface area (Å²) < 4.78 is 7.14. The van der Waals surface area contributed by atoms with Crippen LogP contribution in [0, 0.1) is 0 Å². The van der Waals surface area contributed by atoms with Gasteiger partial charge in [0.25, 0.3) is 0 Å². The van der Waals surface area contributed by atoms with Gasteiger partial charge in [-0.05, 0) is 39.0 Å². The Kier molecular flexibility index (Phi) is 3.88. The Morgan fingerprint density at radius 3 is 2.95 bits per heavy atom. The number of hydrazine groups is 1. The van der Waals surface area contributed by atoms with E-state index in [1.54, 1.807) is 11.3 Å². The summed E-state index contributed by atoms with van der Waals surface area (Å²) in [5.41, 5.74) is 4.17. The van der Waals surface area contributed by atoms with E-state index >= 15 is 0 Å². The quantitative estimate of drug-likeness (QED) is 0.665. The Morgan fingerprint density at radius 1 is 1.42 bits per heavy atom. The number of benzene rings is 1. The van der Waals surface area contributed by atoms with Crippen LogP contribution in [0.4, 0.5) is 0 Å². The number of hydrogen-bond donors (Lipinski definition) is 2.